The number of pyridine rings is 1. The summed E-state index contributed by atoms with van der Waals surface area (Å²) in [6, 6.07) is 1.91. The van der Waals surface area contributed by atoms with Crippen molar-refractivity contribution < 1.29 is 5.11 Å². The second-order valence-electron chi connectivity index (χ2n) is 4.59. The van der Waals surface area contributed by atoms with Gasteiger partial charge >= 0.3 is 0 Å². The van der Waals surface area contributed by atoms with Gasteiger partial charge in [-0.05, 0) is 31.9 Å². The van der Waals surface area contributed by atoms with Crippen LogP contribution in [0.5, 0.6) is 0 Å². The van der Waals surface area contributed by atoms with Crippen molar-refractivity contribution in [2.75, 3.05) is 23.7 Å². The lowest BCUT2D eigenvalue weighted by Gasteiger charge is -2.21. The molecule has 2 rings (SSSR count). The molecule has 1 atom stereocenters. The molecule has 15 heavy (non-hydrogen) atoms. The third kappa shape index (κ3) is 2.04. The minimum absolute atomic E-state index is 0.604. The summed E-state index contributed by atoms with van der Waals surface area (Å²) >= 11 is 0. The number of hydrogen-bond donors (Lipinski definition) is 2. The van der Waals surface area contributed by atoms with Gasteiger partial charge in [-0.2, -0.15) is 0 Å². The van der Waals surface area contributed by atoms with E-state index < -0.39 is 5.60 Å². The van der Waals surface area contributed by atoms with Crippen molar-refractivity contribution in [1.82, 2.24) is 4.98 Å². The summed E-state index contributed by atoms with van der Waals surface area (Å²) in [5, 5.41) is 9.86. The Morgan fingerprint density at radius 2 is 2.33 bits per heavy atom. The standard InChI is InChI=1S/C11H17N3O/c1-8-5-9(12)10(13-6-8)14-4-3-11(2,15)7-14/h5-6,15H,3-4,7,12H2,1-2H3. The number of aryl methyl sites for hydroxylation is 1. The van der Waals surface area contributed by atoms with Gasteiger partial charge in [0.25, 0.3) is 0 Å². The molecule has 4 heteroatoms. The maximum absolute atomic E-state index is 9.86. The van der Waals surface area contributed by atoms with Crippen LogP contribution in [-0.4, -0.2) is 28.8 Å². The van der Waals surface area contributed by atoms with E-state index in [4.69, 9.17) is 5.73 Å². The highest BCUT2D eigenvalue weighted by Gasteiger charge is 2.32. The maximum atomic E-state index is 9.86. The van der Waals surface area contributed by atoms with Gasteiger partial charge in [-0.25, -0.2) is 4.98 Å². The van der Waals surface area contributed by atoms with E-state index in [1.54, 1.807) is 6.20 Å². The molecule has 1 aliphatic heterocycles. The molecule has 1 unspecified atom stereocenters. The van der Waals surface area contributed by atoms with E-state index in [0.717, 1.165) is 24.3 Å². The predicted octanol–water partition coefficient (Wildman–Crippen LogP) is 0.933. The minimum atomic E-state index is -0.612. The van der Waals surface area contributed by atoms with Gasteiger partial charge in [0, 0.05) is 19.3 Å². The van der Waals surface area contributed by atoms with E-state index in [9.17, 15) is 5.11 Å². The molecule has 82 valence electrons. The molecule has 3 N–H and O–H groups in total. The zero-order valence-electron chi connectivity index (χ0n) is 9.20. The molecule has 0 spiro atoms. The maximum Gasteiger partial charge on any atom is 0.151 e. The van der Waals surface area contributed by atoms with Crippen molar-refractivity contribution in [2.45, 2.75) is 25.9 Å². The SMILES string of the molecule is Cc1cnc(N2CCC(C)(O)C2)c(N)c1. The molecule has 1 aliphatic rings. The predicted molar refractivity (Wildman–Crippen MR) is 60.8 cm³/mol. The van der Waals surface area contributed by atoms with Gasteiger partial charge in [0.2, 0.25) is 0 Å². The molecule has 1 saturated heterocycles. The van der Waals surface area contributed by atoms with Crippen LogP contribution in [0.3, 0.4) is 0 Å². The number of aromatic nitrogens is 1. The quantitative estimate of drug-likeness (QED) is 0.719. The fraction of sp³-hybridized carbons (Fsp3) is 0.545. The molecule has 1 fully saturated rings. The molecule has 0 bridgehead atoms. The van der Waals surface area contributed by atoms with Gasteiger partial charge in [0.1, 0.15) is 0 Å². The number of nitrogens with two attached hydrogens (primary N) is 1. The Morgan fingerprint density at radius 3 is 2.87 bits per heavy atom. The Balaban J connectivity index is 2.24. The lowest BCUT2D eigenvalue weighted by molar-refractivity contribution is 0.0839. The van der Waals surface area contributed by atoms with Crippen LogP contribution in [0.25, 0.3) is 0 Å². The highest BCUT2D eigenvalue weighted by molar-refractivity contribution is 5.63. The van der Waals surface area contributed by atoms with Crippen LogP contribution in [-0.2, 0) is 0 Å². The number of aliphatic hydroxyl groups is 1. The minimum Gasteiger partial charge on any atom is -0.396 e. The van der Waals surface area contributed by atoms with E-state index >= 15 is 0 Å². The number of β-amino-alcohol motifs (C(OH)–C–C–N with tert-alkyl or cyclic N) is 1. The molecule has 0 aromatic carbocycles. The summed E-state index contributed by atoms with van der Waals surface area (Å²) in [6.07, 6.45) is 2.57. The first-order valence-electron chi connectivity index (χ1n) is 5.17. The molecule has 1 aromatic heterocycles. The zero-order chi connectivity index (χ0) is 11.1. The summed E-state index contributed by atoms with van der Waals surface area (Å²) in [4.78, 5) is 6.35. The number of rotatable bonds is 1. The third-order valence-electron chi connectivity index (χ3n) is 2.78. The Kier molecular flexibility index (Phi) is 2.31. The molecule has 0 amide bonds. The smallest absolute Gasteiger partial charge is 0.151 e. The molecular weight excluding hydrogens is 190 g/mol. The largest absolute Gasteiger partial charge is 0.396 e. The highest BCUT2D eigenvalue weighted by atomic mass is 16.3. The first-order chi connectivity index (χ1) is 6.98. The zero-order valence-corrected chi connectivity index (χ0v) is 9.20. The molecule has 2 heterocycles. The monoisotopic (exact) mass is 207 g/mol. The average molecular weight is 207 g/mol. The fourth-order valence-electron chi connectivity index (χ4n) is 1.97. The molecule has 4 nitrogen and oxygen atoms in total. The van der Waals surface area contributed by atoms with E-state index in [1.807, 2.05) is 24.8 Å². The van der Waals surface area contributed by atoms with Crippen molar-refractivity contribution in [1.29, 1.82) is 0 Å². The molecule has 0 radical (unpaired) electrons. The molecule has 0 aliphatic carbocycles. The van der Waals surface area contributed by atoms with Crippen LogP contribution in [0.1, 0.15) is 18.9 Å². The summed E-state index contributed by atoms with van der Waals surface area (Å²) in [5.41, 5.74) is 7.04. The van der Waals surface area contributed by atoms with Gasteiger partial charge in [-0.3, -0.25) is 0 Å². The number of hydrogen-bond acceptors (Lipinski definition) is 4. The van der Waals surface area contributed by atoms with Gasteiger partial charge < -0.3 is 15.7 Å². The van der Waals surface area contributed by atoms with Crippen LogP contribution in [0.15, 0.2) is 12.3 Å². The van der Waals surface area contributed by atoms with Crippen LogP contribution < -0.4 is 10.6 Å². The number of nitrogen functional groups attached to an aromatic ring is 1. The first kappa shape index (κ1) is 10.2. The van der Waals surface area contributed by atoms with Crippen LogP contribution in [0.2, 0.25) is 0 Å². The third-order valence-corrected chi connectivity index (χ3v) is 2.78. The normalized spacial score (nSPS) is 25.9. The summed E-state index contributed by atoms with van der Waals surface area (Å²) < 4.78 is 0. The summed E-state index contributed by atoms with van der Waals surface area (Å²) in [5.74, 6) is 0.790. The van der Waals surface area contributed by atoms with Crippen molar-refractivity contribution in [3.8, 4) is 0 Å². The van der Waals surface area contributed by atoms with E-state index in [0.29, 0.717) is 12.2 Å². The molecular formula is C11H17N3O. The van der Waals surface area contributed by atoms with Crippen molar-refractivity contribution in [3.63, 3.8) is 0 Å². The number of anilines is 2. The van der Waals surface area contributed by atoms with Crippen molar-refractivity contribution in [3.05, 3.63) is 17.8 Å². The first-order valence-corrected chi connectivity index (χ1v) is 5.17. The Bertz CT molecular complexity index is 376. The van der Waals surface area contributed by atoms with Gasteiger partial charge in [0.05, 0.1) is 11.3 Å². The summed E-state index contributed by atoms with van der Waals surface area (Å²) in [7, 11) is 0. The van der Waals surface area contributed by atoms with Crippen LogP contribution >= 0.6 is 0 Å². The van der Waals surface area contributed by atoms with Crippen LogP contribution in [0, 0.1) is 6.92 Å². The Morgan fingerprint density at radius 1 is 1.60 bits per heavy atom. The van der Waals surface area contributed by atoms with E-state index in [1.165, 1.54) is 0 Å². The Labute approximate surface area is 89.7 Å². The van der Waals surface area contributed by atoms with Crippen molar-refractivity contribution >= 4 is 11.5 Å². The average Bonchev–Trinajstić information content (AvgIpc) is 2.46. The second-order valence-corrected chi connectivity index (χ2v) is 4.59. The number of nitrogens with zero attached hydrogens (tertiary/aromatic N) is 2. The lowest BCUT2D eigenvalue weighted by atomic mass is 10.1. The summed E-state index contributed by atoms with van der Waals surface area (Å²) in [6.45, 7) is 5.23. The van der Waals surface area contributed by atoms with Gasteiger partial charge in [0.15, 0.2) is 5.82 Å². The second kappa shape index (κ2) is 3.38. The van der Waals surface area contributed by atoms with Gasteiger partial charge in [-0.15, -0.1) is 0 Å². The van der Waals surface area contributed by atoms with E-state index in [2.05, 4.69) is 4.98 Å². The van der Waals surface area contributed by atoms with Crippen LogP contribution in [0.4, 0.5) is 11.5 Å². The lowest BCUT2D eigenvalue weighted by Crippen LogP contribution is -2.30. The molecule has 0 saturated carbocycles. The Hall–Kier alpha value is -1.29. The highest BCUT2D eigenvalue weighted by Crippen LogP contribution is 2.28. The topological polar surface area (TPSA) is 62.4 Å². The van der Waals surface area contributed by atoms with Gasteiger partial charge in [-0.1, -0.05) is 0 Å². The van der Waals surface area contributed by atoms with Crippen molar-refractivity contribution in [2.24, 2.45) is 0 Å². The van der Waals surface area contributed by atoms with E-state index in [-0.39, 0.29) is 0 Å². The fourth-order valence-corrected chi connectivity index (χ4v) is 1.97. The molecule has 1 aromatic rings.